The van der Waals surface area contributed by atoms with Crippen LogP contribution in [0.15, 0.2) is 47.7 Å². The van der Waals surface area contributed by atoms with Gasteiger partial charge in [0.2, 0.25) is 6.79 Å². The van der Waals surface area contributed by atoms with Crippen molar-refractivity contribution in [1.82, 2.24) is 0 Å². The average Bonchev–Trinajstić information content (AvgIpc) is 3.34. The number of benzene rings is 2. The molecule has 30 heavy (non-hydrogen) atoms. The SMILES string of the molecule is COC1=C([C@H](c2cccc(OC)c2)c2cc3c(cc2OC(C)=O)OCO3)C(=O)OC1. The van der Waals surface area contributed by atoms with Crippen LogP contribution in [0, 0.1) is 0 Å². The number of ether oxygens (including phenoxy) is 6. The van der Waals surface area contributed by atoms with Crippen molar-refractivity contribution in [3.63, 3.8) is 0 Å². The molecule has 4 rings (SSSR count). The van der Waals surface area contributed by atoms with Gasteiger partial charge in [0.25, 0.3) is 0 Å². The summed E-state index contributed by atoms with van der Waals surface area (Å²) in [6.45, 7) is 1.38. The molecule has 0 bridgehead atoms. The Labute approximate surface area is 172 Å². The number of hydrogen-bond donors (Lipinski definition) is 0. The molecule has 2 aliphatic rings. The molecule has 2 heterocycles. The summed E-state index contributed by atoms with van der Waals surface area (Å²) in [5, 5.41) is 0. The first-order valence-corrected chi connectivity index (χ1v) is 9.22. The van der Waals surface area contributed by atoms with Crippen LogP contribution in [0.4, 0.5) is 0 Å². The highest BCUT2D eigenvalue weighted by atomic mass is 16.7. The van der Waals surface area contributed by atoms with Gasteiger partial charge in [-0.15, -0.1) is 0 Å². The molecule has 2 aromatic rings. The van der Waals surface area contributed by atoms with Gasteiger partial charge in [0, 0.05) is 24.5 Å². The van der Waals surface area contributed by atoms with Crippen molar-refractivity contribution >= 4 is 11.9 Å². The number of cyclic esters (lactones) is 1. The van der Waals surface area contributed by atoms with Crippen LogP contribution in [0.2, 0.25) is 0 Å². The van der Waals surface area contributed by atoms with Gasteiger partial charge in [-0.05, 0) is 23.8 Å². The van der Waals surface area contributed by atoms with Gasteiger partial charge in [-0.25, -0.2) is 4.79 Å². The Morgan fingerprint density at radius 2 is 1.80 bits per heavy atom. The molecule has 8 heteroatoms. The summed E-state index contributed by atoms with van der Waals surface area (Å²) in [5.74, 6) is 0.531. The molecule has 0 saturated heterocycles. The Hall–Kier alpha value is -3.68. The van der Waals surface area contributed by atoms with Crippen molar-refractivity contribution in [2.75, 3.05) is 27.6 Å². The van der Waals surface area contributed by atoms with Gasteiger partial charge in [0.1, 0.15) is 23.9 Å². The van der Waals surface area contributed by atoms with Crippen LogP contribution < -0.4 is 18.9 Å². The summed E-state index contributed by atoms with van der Waals surface area (Å²) in [6.07, 6.45) is 0. The topological polar surface area (TPSA) is 89.5 Å². The highest BCUT2D eigenvalue weighted by Crippen LogP contribution is 2.47. The van der Waals surface area contributed by atoms with Crippen LogP contribution in [0.3, 0.4) is 0 Å². The van der Waals surface area contributed by atoms with Crippen molar-refractivity contribution in [2.45, 2.75) is 12.8 Å². The fourth-order valence-corrected chi connectivity index (χ4v) is 3.58. The van der Waals surface area contributed by atoms with E-state index >= 15 is 0 Å². The van der Waals surface area contributed by atoms with E-state index in [2.05, 4.69) is 0 Å². The zero-order valence-corrected chi connectivity index (χ0v) is 16.7. The molecule has 0 aromatic heterocycles. The van der Waals surface area contributed by atoms with E-state index in [0.717, 1.165) is 5.56 Å². The third kappa shape index (κ3) is 3.52. The minimum absolute atomic E-state index is 0.0264. The molecule has 0 amide bonds. The van der Waals surface area contributed by atoms with E-state index in [4.69, 9.17) is 28.4 Å². The molecule has 0 aliphatic carbocycles. The van der Waals surface area contributed by atoms with Gasteiger partial charge >= 0.3 is 11.9 Å². The lowest BCUT2D eigenvalue weighted by molar-refractivity contribution is -0.136. The van der Waals surface area contributed by atoms with E-state index in [1.807, 2.05) is 12.1 Å². The lowest BCUT2D eigenvalue weighted by atomic mass is 9.83. The Bertz CT molecular complexity index is 1040. The van der Waals surface area contributed by atoms with E-state index in [1.54, 1.807) is 31.4 Å². The lowest BCUT2D eigenvalue weighted by Crippen LogP contribution is -2.15. The van der Waals surface area contributed by atoms with Crippen molar-refractivity contribution in [3.8, 4) is 23.0 Å². The van der Waals surface area contributed by atoms with Gasteiger partial charge in [0.05, 0.1) is 19.8 Å². The second kappa shape index (κ2) is 7.98. The quantitative estimate of drug-likeness (QED) is 0.529. The van der Waals surface area contributed by atoms with Crippen molar-refractivity contribution in [3.05, 3.63) is 58.9 Å². The number of esters is 2. The van der Waals surface area contributed by atoms with E-state index in [9.17, 15) is 9.59 Å². The van der Waals surface area contributed by atoms with Crippen molar-refractivity contribution in [1.29, 1.82) is 0 Å². The first-order chi connectivity index (χ1) is 14.5. The first kappa shape index (κ1) is 19.6. The molecule has 0 radical (unpaired) electrons. The molecule has 0 saturated carbocycles. The van der Waals surface area contributed by atoms with Crippen LogP contribution in [0.1, 0.15) is 24.0 Å². The molecule has 2 aromatic carbocycles. The zero-order valence-electron chi connectivity index (χ0n) is 16.7. The molecule has 0 N–H and O–H groups in total. The second-order valence-electron chi connectivity index (χ2n) is 6.66. The second-order valence-corrected chi connectivity index (χ2v) is 6.66. The highest BCUT2D eigenvalue weighted by Gasteiger charge is 2.37. The molecular formula is C22H20O8. The summed E-state index contributed by atoms with van der Waals surface area (Å²) in [4.78, 5) is 24.5. The number of rotatable bonds is 6. The van der Waals surface area contributed by atoms with Crippen molar-refractivity contribution < 1.29 is 38.0 Å². The van der Waals surface area contributed by atoms with Gasteiger partial charge in [-0.3, -0.25) is 4.79 Å². The number of carbonyl (C=O) groups excluding carboxylic acids is 2. The summed E-state index contributed by atoms with van der Waals surface area (Å²) >= 11 is 0. The van der Waals surface area contributed by atoms with Crippen LogP contribution in [0.5, 0.6) is 23.0 Å². The zero-order chi connectivity index (χ0) is 21.3. The van der Waals surface area contributed by atoms with Gasteiger partial charge in [-0.1, -0.05) is 12.1 Å². The van der Waals surface area contributed by atoms with Crippen LogP contribution in [-0.4, -0.2) is 39.6 Å². The first-order valence-electron chi connectivity index (χ1n) is 9.22. The number of hydrogen-bond acceptors (Lipinski definition) is 8. The Kier molecular flexibility index (Phi) is 5.22. The minimum Gasteiger partial charge on any atom is -0.497 e. The standard InChI is InChI=1S/C22H20O8/c1-12(23)30-16-9-18-17(28-11-29-18)8-15(16)20(13-5-4-6-14(7-13)25-2)21-19(26-3)10-27-22(21)24/h4-9,20H,10-11H2,1-3H3/t20-/m1/s1. The maximum absolute atomic E-state index is 12.7. The smallest absolute Gasteiger partial charge is 0.338 e. The third-order valence-electron chi connectivity index (χ3n) is 4.89. The molecule has 8 nitrogen and oxygen atoms in total. The Morgan fingerprint density at radius 3 is 2.50 bits per heavy atom. The fraction of sp³-hybridized carbons (Fsp3) is 0.273. The van der Waals surface area contributed by atoms with Crippen LogP contribution >= 0.6 is 0 Å². The summed E-state index contributed by atoms with van der Waals surface area (Å²) in [5.41, 5.74) is 1.58. The maximum Gasteiger partial charge on any atom is 0.338 e. The summed E-state index contributed by atoms with van der Waals surface area (Å²) in [7, 11) is 3.04. The average molecular weight is 412 g/mol. The van der Waals surface area contributed by atoms with E-state index in [-0.39, 0.29) is 19.1 Å². The highest BCUT2D eigenvalue weighted by molar-refractivity contribution is 5.94. The normalized spacial score (nSPS) is 15.6. The van der Waals surface area contributed by atoms with Crippen LogP contribution in [0.25, 0.3) is 0 Å². The largest absolute Gasteiger partial charge is 0.497 e. The summed E-state index contributed by atoms with van der Waals surface area (Å²) < 4.78 is 32.4. The molecule has 0 fully saturated rings. The molecule has 0 unspecified atom stereocenters. The number of fused-ring (bicyclic) bond motifs is 1. The predicted octanol–water partition coefficient (Wildman–Crippen LogP) is 2.94. The van der Waals surface area contributed by atoms with Gasteiger partial charge < -0.3 is 28.4 Å². The lowest BCUT2D eigenvalue weighted by Gasteiger charge is -2.22. The predicted molar refractivity (Wildman–Crippen MR) is 104 cm³/mol. The summed E-state index contributed by atoms with van der Waals surface area (Å²) in [6, 6.07) is 10.6. The van der Waals surface area contributed by atoms with Gasteiger partial charge in [-0.2, -0.15) is 0 Å². The molecular weight excluding hydrogens is 392 g/mol. The van der Waals surface area contributed by atoms with E-state index < -0.39 is 17.9 Å². The Morgan fingerprint density at radius 1 is 1.03 bits per heavy atom. The van der Waals surface area contributed by atoms with E-state index in [0.29, 0.717) is 34.1 Å². The number of methoxy groups -OCH3 is 2. The van der Waals surface area contributed by atoms with Crippen LogP contribution in [-0.2, 0) is 19.1 Å². The fourth-order valence-electron chi connectivity index (χ4n) is 3.58. The Balaban J connectivity index is 1.97. The number of carbonyl (C=O) groups is 2. The maximum atomic E-state index is 12.7. The molecule has 0 spiro atoms. The minimum atomic E-state index is -0.658. The third-order valence-corrected chi connectivity index (χ3v) is 4.89. The van der Waals surface area contributed by atoms with E-state index in [1.165, 1.54) is 14.0 Å². The molecule has 156 valence electrons. The molecule has 1 atom stereocenters. The van der Waals surface area contributed by atoms with Crippen molar-refractivity contribution in [2.24, 2.45) is 0 Å². The molecule has 2 aliphatic heterocycles. The van der Waals surface area contributed by atoms with Gasteiger partial charge in [0.15, 0.2) is 11.5 Å². The monoisotopic (exact) mass is 412 g/mol.